The third kappa shape index (κ3) is 4.30. The molecule has 2 saturated heterocycles. The van der Waals surface area contributed by atoms with Gasteiger partial charge in [-0.15, -0.1) is 11.8 Å². The number of ether oxygens (including phenoxy) is 1. The summed E-state index contributed by atoms with van der Waals surface area (Å²) in [5.41, 5.74) is 0.0238. The molecule has 32 heavy (non-hydrogen) atoms. The number of amides is 2. The number of piperidine rings is 1. The number of thioether (sulfide) groups is 1. The van der Waals surface area contributed by atoms with Crippen LogP contribution < -0.4 is 4.74 Å². The third-order valence-corrected chi connectivity index (χ3v) is 7.58. The van der Waals surface area contributed by atoms with Crippen LogP contribution in [0, 0.1) is 0 Å². The molecule has 2 aliphatic heterocycles. The number of halogens is 3. The highest BCUT2D eigenvalue weighted by atomic mass is 32.2. The normalized spacial score (nSPS) is 18.1. The van der Waals surface area contributed by atoms with E-state index in [1.165, 1.54) is 12.1 Å². The molecule has 2 aromatic carbocycles. The summed E-state index contributed by atoms with van der Waals surface area (Å²) in [4.78, 5) is 29.1. The molecule has 0 atom stereocenters. The molecule has 2 aliphatic rings. The Morgan fingerprint density at radius 3 is 2.28 bits per heavy atom. The van der Waals surface area contributed by atoms with E-state index in [1.807, 2.05) is 0 Å². The fourth-order valence-corrected chi connectivity index (χ4v) is 5.72. The summed E-state index contributed by atoms with van der Waals surface area (Å²) in [5, 5.41) is 0. The van der Waals surface area contributed by atoms with Crippen LogP contribution in [0.2, 0.25) is 0 Å². The maximum Gasteiger partial charge on any atom is 0.416 e. The lowest BCUT2D eigenvalue weighted by Gasteiger charge is -2.44. The summed E-state index contributed by atoms with van der Waals surface area (Å²) in [5.74, 6) is 1.03. The van der Waals surface area contributed by atoms with Crippen LogP contribution >= 0.6 is 11.8 Å². The second kappa shape index (κ2) is 8.69. The van der Waals surface area contributed by atoms with Gasteiger partial charge >= 0.3 is 6.18 Å². The zero-order valence-corrected chi connectivity index (χ0v) is 18.3. The van der Waals surface area contributed by atoms with Crippen LogP contribution in [0.5, 0.6) is 5.75 Å². The summed E-state index contributed by atoms with van der Waals surface area (Å²) in [7, 11) is 1.55. The molecular weight excluding hydrogens is 441 g/mol. The number of carbonyl (C=O) groups is 2. The number of rotatable bonds is 3. The van der Waals surface area contributed by atoms with E-state index >= 15 is 0 Å². The zero-order chi connectivity index (χ0) is 22.9. The van der Waals surface area contributed by atoms with Crippen molar-refractivity contribution in [1.82, 2.24) is 9.80 Å². The second-order valence-corrected chi connectivity index (χ2v) is 9.31. The Hall–Kier alpha value is -2.68. The standard InChI is InChI=1S/C23H23F3N2O3S/c1-31-19-4-2-3-17(15-19)20(29)27-11-9-22(10-12-27)28(13-14-32-22)21(30)16-5-7-18(8-6-16)23(24,25)26/h2-8,15H,9-14H2,1H3. The van der Waals surface area contributed by atoms with Crippen LogP contribution in [0.25, 0.3) is 0 Å². The van der Waals surface area contributed by atoms with Gasteiger partial charge in [0.25, 0.3) is 11.8 Å². The predicted octanol–water partition coefficient (Wildman–Crippen LogP) is 4.54. The predicted molar refractivity (Wildman–Crippen MR) is 116 cm³/mol. The lowest BCUT2D eigenvalue weighted by atomic mass is 9.99. The highest BCUT2D eigenvalue weighted by Crippen LogP contribution is 2.45. The Labute approximate surface area is 188 Å². The first-order valence-electron chi connectivity index (χ1n) is 10.3. The molecule has 4 rings (SSSR count). The van der Waals surface area contributed by atoms with Gasteiger partial charge in [0.2, 0.25) is 0 Å². The van der Waals surface area contributed by atoms with Crippen LogP contribution in [0.4, 0.5) is 13.2 Å². The van der Waals surface area contributed by atoms with Crippen LogP contribution in [0.3, 0.4) is 0 Å². The molecule has 2 aromatic rings. The molecule has 2 amide bonds. The maximum atomic E-state index is 13.1. The average molecular weight is 465 g/mol. The van der Waals surface area contributed by atoms with Crippen molar-refractivity contribution in [3.63, 3.8) is 0 Å². The van der Waals surface area contributed by atoms with E-state index in [2.05, 4.69) is 0 Å². The van der Waals surface area contributed by atoms with Crippen LogP contribution in [0.1, 0.15) is 39.1 Å². The van der Waals surface area contributed by atoms with E-state index in [4.69, 9.17) is 4.74 Å². The summed E-state index contributed by atoms with van der Waals surface area (Å²) in [6.45, 7) is 1.54. The molecule has 1 spiro atoms. The SMILES string of the molecule is COc1cccc(C(=O)N2CCC3(CC2)SCCN3C(=O)c2ccc(C(F)(F)F)cc2)c1. The van der Waals surface area contributed by atoms with Crippen molar-refractivity contribution in [3.8, 4) is 5.75 Å². The minimum absolute atomic E-state index is 0.0811. The van der Waals surface area contributed by atoms with Gasteiger partial charge in [0, 0.05) is 36.5 Å². The smallest absolute Gasteiger partial charge is 0.416 e. The van der Waals surface area contributed by atoms with Crippen LogP contribution in [0.15, 0.2) is 48.5 Å². The van der Waals surface area contributed by atoms with Gasteiger partial charge < -0.3 is 14.5 Å². The molecule has 0 unspecified atom stereocenters. The lowest BCUT2D eigenvalue weighted by molar-refractivity contribution is -0.137. The van der Waals surface area contributed by atoms with Gasteiger partial charge in [-0.25, -0.2) is 0 Å². The summed E-state index contributed by atoms with van der Waals surface area (Å²) < 4.78 is 43.7. The Morgan fingerprint density at radius 2 is 1.66 bits per heavy atom. The van der Waals surface area contributed by atoms with Crippen LogP contribution in [-0.2, 0) is 6.18 Å². The van der Waals surface area contributed by atoms with Crippen molar-refractivity contribution < 1.29 is 27.5 Å². The van der Waals surface area contributed by atoms with Gasteiger partial charge in [0.1, 0.15) is 5.75 Å². The fraction of sp³-hybridized carbons (Fsp3) is 0.391. The molecule has 0 radical (unpaired) electrons. The Kier molecular flexibility index (Phi) is 6.11. The number of likely N-dealkylation sites (tertiary alicyclic amines) is 1. The molecular formula is C23H23F3N2O3S. The molecule has 2 heterocycles. The van der Waals surface area contributed by atoms with Crippen molar-refractivity contribution in [2.24, 2.45) is 0 Å². The van der Waals surface area contributed by atoms with E-state index in [0.717, 1.165) is 17.9 Å². The molecule has 5 nitrogen and oxygen atoms in total. The number of carbonyl (C=O) groups excluding carboxylic acids is 2. The number of hydrogen-bond donors (Lipinski definition) is 0. The van der Waals surface area contributed by atoms with Crippen LogP contribution in [-0.4, -0.2) is 59.0 Å². The van der Waals surface area contributed by atoms with Crippen molar-refractivity contribution in [2.45, 2.75) is 23.9 Å². The Balaban J connectivity index is 1.45. The van der Waals surface area contributed by atoms with Crippen molar-refractivity contribution in [3.05, 3.63) is 65.2 Å². The number of methoxy groups -OCH3 is 1. The monoisotopic (exact) mass is 464 g/mol. The minimum Gasteiger partial charge on any atom is -0.497 e. The Bertz CT molecular complexity index is 1000. The van der Waals surface area contributed by atoms with Crippen molar-refractivity contribution >= 4 is 23.6 Å². The third-order valence-electron chi connectivity index (χ3n) is 6.03. The number of benzene rings is 2. The average Bonchev–Trinajstić information content (AvgIpc) is 3.21. The summed E-state index contributed by atoms with van der Waals surface area (Å²) in [6, 6.07) is 11.4. The first kappa shape index (κ1) is 22.5. The molecule has 2 fully saturated rings. The molecule has 0 N–H and O–H groups in total. The van der Waals surface area contributed by atoms with Gasteiger partial charge in [-0.3, -0.25) is 9.59 Å². The lowest BCUT2D eigenvalue weighted by Crippen LogP contribution is -2.53. The topological polar surface area (TPSA) is 49.9 Å². The highest BCUT2D eigenvalue weighted by molar-refractivity contribution is 8.00. The molecule has 0 saturated carbocycles. The molecule has 0 aliphatic carbocycles. The van der Waals surface area contributed by atoms with Crippen molar-refractivity contribution in [2.75, 3.05) is 32.5 Å². The summed E-state index contributed by atoms with van der Waals surface area (Å²) in [6.07, 6.45) is -3.21. The largest absolute Gasteiger partial charge is 0.497 e. The van der Waals surface area contributed by atoms with E-state index in [-0.39, 0.29) is 17.4 Å². The van der Waals surface area contributed by atoms with Crippen molar-refractivity contribution in [1.29, 1.82) is 0 Å². The van der Waals surface area contributed by atoms with Gasteiger partial charge in [-0.1, -0.05) is 6.07 Å². The maximum absolute atomic E-state index is 13.1. The second-order valence-electron chi connectivity index (χ2n) is 7.85. The Morgan fingerprint density at radius 1 is 0.969 bits per heavy atom. The summed E-state index contributed by atoms with van der Waals surface area (Å²) >= 11 is 1.69. The first-order valence-corrected chi connectivity index (χ1v) is 11.3. The van der Waals surface area contributed by atoms with E-state index in [1.54, 1.807) is 52.9 Å². The van der Waals surface area contributed by atoms with Gasteiger partial charge in [-0.05, 0) is 55.3 Å². The fourth-order valence-electron chi connectivity index (χ4n) is 4.26. The zero-order valence-electron chi connectivity index (χ0n) is 17.5. The quantitative estimate of drug-likeness (QED) is 0.670. The molecule has 0 bridgehead atoms. The van der Waals surface area contributed by atoms with E-state index in [0.29, 0.717) is 43.8 Å². The number of nitrogens with zero attached hydrogens (tertiary/aromatic N) is 2. The number of alkyl halides is 3. The first-order chi connectivity index (χ1) is 15.2. The molecule has 9 heteroatoms. The van der Waals surface area contributed by atoms with E-state index in [9.17, 15) is 22.8 Å². The van der Waals surface area contributed by atoms with Gasteiger partial charge in [0.15, 0.2) is 0 Å². The molecule has 170 valence electrons. The number of hydrogen-bond acceptors (Lipinski definition) is 4. The van der Waals surface area contributed by atoms with Gasteiger partial charge in [-0.2, -0.15) is 13.2 Å². The minimum atomic E-state index is -4.44. The van der Waals surface area contributed by atoms with E-state index < -0.39 is 16.6 Å². The highest BCUT2D eigenvalue weighted by Gasteiger charge is 2.47. The van der Waals surface area contributed by atoms with Gasteiger partial charge in [0.05, 0.1) is 17.5 Å². The molecule has 0 aromatic heterocycles.